The summed E-state index contributed by atoms with van der Waals surface area (Å²) < 4.78 is 0. The number of amides is 2. The molecular formula is C17H11N3O2. The number of carbonyl (C=O) groups is 2. The first-order valence-corrected chi connectivity index (χ1v) is 6.79. The third kappa shape index (κ3) is 1.56. The number of hydrogen-bond acceptors (Lipinski definition) is 4. The normalized spacial score (nSPS) is 13.7. The maximum absolute atomic E-state index is 12.7. The summed E-state index contributed by atoms with van der Waals surface area (Å²) >= 11 is 0. The van der Waals surface area contributed by atoms with Crippen LogP contribution in [0.4, 0.5) is 11.5 Å². The number of carbonyl (C=O) groups excluding carboxylic acids is 2. The highest BCUT2D eigenvalue weighted by Crippen LogP contribution is 2.34. The van der Waals surface area contributed by atoms with Gasteiger partial charge in [0.25, 0.3) is 11.8 Å². The van der Waals surface area contributed by atoms with E-state index in [4.69, 9.17) is 5.73 Å². The number of nitrogen functional groups attached to an aromatic ring is 1. The van der Waals surface area contributed by atoms with Gasteiger partial charge in [0, 0.05) is 33.8 Å². The standard InChI is InChI=1S/C17H11N3O2/c18-13-8-7-12-15-10(13)4-3-5-11(15)16(21)20(17(12)22)14-6-1-2-9-19-14/h1-9H,18H2. The molecular weight excluding hydrogens is 278 g/mol. The van der Waals surface area contributed by atoms with Crippen LogP contribution in [0.25, 0.3) is 10.8 Å². The van der Waals surface area contributed by atoms with E-state index in [9.17, 15) is 9.59 Å². The van der Waals surface area contributed by atoms with Crippen LogP contribution in [0.2, 0.25) is 0 Å². The lowest BCUT2D eigenvalue weighted by atomic mass is 9.93. The lowest BCUT2D eigenvalue weighted by Crippen LogP contribution is -2.41. The summed E-state index contributed by atoms with van der Waals surface area (Å²) in [6, 6.07) is 13.7. The number of anilines is 2. The van der Waals surface area contributed by atoms with E-state index in [1.165, 1.54) is 0 Å². The molecule has 2 amide bonds. The van der Waals surface area contributed by atoms with Crippen molar-refractivity contribution in [1.29, 1.82) is 0 Å². The van der Waals surface area contributed by atoms with Crippen molar-refractivity contribution in [1.82, 2.24) is 4.98 Å². The Bertz CT molecular complexity index is 913. The lowest BCUT2D eigenvalue weighted by Gasteiger charge is -2.26. The number of nitrogens with zero attached hydrogens (tertiary/aromatic N) is 2. The largest absolute Gasteiger partial charge is 0.398 e. The second-order valence-corrected chi connectivity index (χ2v) is 5.06. The van der Waals surface area contributed by atoms with Crippen LogP contribution in [0, 0.1) is 0 Å². The molecule has 0 saturated carbocycles. The van der Waals surface area contributed by atoms with Gasteiger partial charge in [-0.2, -0.15) is 0 Å². The number of nitrogens with two attached hydrogens (primary N) is 1. The first-order valence-electron chi connectivity index (χ1n) is 6.79. The molecule has 2 aromatic carbocycles. The average molecular weight is 289 g/mol. The van der Waals surface area contributed by atoms with Crippen LogP contribution in [0.15, 0.2) is 54.7 Å². The summed E-state index contributed by atoms with van der Waals surface area (Å²) in [4.78, 5) is 30.7. The van der Waals surface area contributed by atoms with E-state index in [1.54, 1.807) is 48.7 Å². The van der Waals surface area contributed by atoms with Crippen LogP contribution in [0.3, 0.4) is 0 Å². The van der Waals surface area contributed by atoms with Crippen LogP contribution < -0.4 is 10.6 Å². The van der Waals surface area contributed by atoms with E-state index in [-0.39, 0.29) is 11.8 Å². The monoisotopic (exact) mass is 289 g/mol. The molecule has 2 heterocycles. The topological polar surface area (TPSA) is 76.3 Å². The molecule has 1 aromatic heterocycles. The summed E-state index contributed by atoms with van der Waals surface area (Å²) in [7, 11) is 0. The van der Waals surface area contributed by atoms with Crippen LogP contribution in [-0.2, 0) is 0 Å². The van der Waals surface area contributed by atoms with Gasteiger partial charge in [-0.3, -0.25) is 9.59 Å². The quantitative estimate of drug-likeness (QED) is 0.552. The maximum atomic E-state index is 12.7. The maximum Gasteiger partial charge on any atom is 0.267 e. The van der Waals surface area contributed by atoms with Gasteiger partial charge in [-0.05, 0) is 30.3 Å². The zero-order valence-corrected chi connectivity index (χ0v) is 11.5. The van der Waals surface area contributed by atoms with Gasteiger partial charge in [-0.1, -0.05) is 18.2 Å². The Labute approximate surface area is 126 Å². The van der Waals surface area contributed by atoms with Gasteiger partial charge in [0.15, 0.2) is 0 Å². The number of pyridine rings is 1. The Morgan fingerprint density at radius 3 is 2.36 bits per heavy atom. The molecule has 0 saturated heterocycles. The fraction of sp³-hybridized carbons (Fsp3) is 0. The first kappa shape index (κ1) is 12.5. The molecule has 0 atom stereocenters. The van der Waals surface area contributed by atoms with Crippen LogP contribution in [0.5, 0.6) is 0 Å². The van der Waals surface area contributed by atoms with Crippen molar-refractivity contribution >= 4 is 34.1 Å². The van der Waals surface area contributed by atoms with E-state index < -0.39 is 0 Å². The highest BCUT2D eigenvalue weighted by atomic mass is 16.2. The van der Waals surface area contributed by atoms with Gasteiger partial charge in [-0.15, -0.1) is 0 Å². The van der Waals surface area contributed by atoms with Crippen molar-refractivity contribution in [2.24, 2.45) is 0 Å². The molecule has 5 nitrogen and oxygen atoms in total. The number of aromatic nitrogens is 1. The number of rotatable bonds is 1. The molecule has 1 aliphatic heterocycles. The van der Waals surface area contributed by atoms with Crippen LogP contribution in [-0.4, -0.2) is 16.8 Å². The SMILES string of the molecule is Nc1ccc2c3c(cccc13)C(=O)N(c1ccccn1)C2=O. The lowest BCUT2D eigenvalue weighted by molar-refractivity contribution is 0.0892. The molecule has 5 heteroatoms. The van der Waals surface area contributed by atoms with Crippen molar-refractivity contribution in [3.05, 3.63) is 65.9 Å². The van der Waals surface area contributed by atoms with E-state index >= 15 is 0 Å². The highest BCUT2D eigenvalue weighted by molar-refractivity contribution is 6.36. The Morgan fingerprint density at radius 1 is 0.864 bits per heavy atom. The van der Waals surface area contributed by atoms with Crippen molar-refractivity contribution < 1.29 is 9.59 Å². The molecule has 0 bridgehead atoms. The van der Waals surface area contributed by atoms with Crippen molar-refractivity contribution in [2.75, 3.05) is 10.6 Å². The predicted molar refractivity (Wildman–Crippen MR) is 83.7 cm³/mol. The van der Waals surface area contributed by atoms with Gasteiger partial charge in [0.1, 0.15) is 5.82 Å². The molecule has 0 spiro atoms. The minimum Gasteiger partial charge on any atom is -0.398 e. The zero-order valence-electron chi connectivity index (χ0n) is 11.5. The van der Waals surface area contributed by atoms with Gasteiger partial charge < -0.3 is 5.73 Å². The number of hydrogen-bond donors (Lipinski definition) is 1. The van der Waals surface area contributed by atoms with E-state index in [0.29, 0.717) is 28.0 Å². The smallest absolute Gasteiger partial charge is 0.267 e. The van der Waals surface area contributed by atoms with Gasteiger partial charge in [0.2, 0.25) is 0 Å². The van der Waals surface area contributed by atoms with Crippen molar-refractivity contribution in [3.63, 3.8) is 0 Å². The third-order valence-corrected chi connectivity index (χ3v) is 3.82. The molecule has 0 unspecified atom stereocenters. The Morgan fingerprint density at radius 2 is 1.64 bits per heavy atom. The van der Waals surface area contributed by atoms with Gasteiger partial charge in [0.05, 0.1) is 0 Å². The van der Waals surface area contributed by atoms with Crippen LogP contribution in [0.1, 0.15) is 20.7 Å². The first-order chi connectivity index (χ1) is 10.7. The molecule has 0 radical (unpaired) electrons. The van der Waals surface area contributed by atoms with E-state index in [1.807, 2.05) is 6.07 Å². The number of benzene rings is 2. The molecule has 3 aromatic rings. The molecule has 106 valence electrons. The fourth-order valence-electron chi connectivity index (χ4n) is 2.81. The van der Waals surface area contributed by atoms with Gasteiger partial charge in [-0.25, -0.2) is 9.88 Å². The van der Waals surface area contributed by atoms with Crippen LogP contribution >= 0.6 is 0 Å². The summed E-state index contributed by atoms with van der Waals surface area (Å²) in [5.74, 6) is -0.447. The molecule has 22 heavy (non-hydrogen) atoms. The second kappa shape index (κ2) is 4.39. The second-order valence-electron chi connectivity index (χ2n) is 5.06. The molecule has 1 aliphatic rings. The highest BCUT2D eigenvalue weighted by Gasteiger charge is 2.34. The Balaban J connectivity index is 2.03. The molecule has 0 fully saturated rings. The summed E-state index contributed by atoms with van der Waals surface area (Å²) in [6.45, 7) is 0. The summed E-state index contributed by atoms with van der Waals surface area (Å²) in [5, 5.41) is 1.34. The minimum atomic E-state index is -0.382. The summed E-state index contributed by atoms with van der Waals surface area (Å²) in [5.41, 5.74) is 7.44. The van der Waals surface area contributed by atoms with Crippen molar-refractivity contribution in [3.8, 4) is 0 Å². The molecule has 2 N–H and O–H groups in total. The Hall–Kier alpha value is -3.21. The van der Waals surface area contributed by atoms with E-state index in [0.717, 1.165) is 10.3 Å². The van der Waals surface area contributed by atoms with E-state index in [2.05, 4.69) is 4.98 Å². The molecule has 0 aliphatic carbocycles. The minimum absolute atomic E-state index is 0.317. The average Bonchev–Trinajstić information content (AvgIpc) is 2.55. The molecule has 4 rings (SSSR count). The van der Waals surface area contributed by atoms with Crippen molar-refractivity contribution in [2.45, 2.75) is 0 Å². The predicted octanol–water partition coefficient (Wildman–Crippen LogP) is 2.62. The fourth-order valence-corrected chi connectivity index (χ4v) is 2.81. The zero-order chi connectivity index (χ0) is 15.3. The van der Waals surface area contributed by atoms with Gasteiger partial charge >= 0.3 is 0 Å². The Kier molecular flexibility index (Phi) is 2.50. The summed E-state index contributed by atoms with van der Waals surface area (Å²) in [6.07, 6.45) is 1.55. The number of imide groups is 1. The third-order valence-electron chi connectivity index (χ3n) is 3.82.